The summed E-state index contributed by atoms with van der Waals surface area (Å²) in [6, 6.07) is 13.6. The first kappa shape index (κ1) is 21.6. The Balaban J connectivity index is 1.96. The lowest BCUT2D eigenvalue weighted by atomic mass is 10.2. The molecule has 5 nitrogen and oxygen atoms in total. The number of carbonyl (C=O) groups is 1. The molecule has 0 fully saturated rings. The van der Waals surface area contributed by atoms with Crippen LogP contribution < -0.4 is 9.64 Å². The van der Waals surface area contributed by atoms with Crippen LogP contribution in [0.2, 0.25) is 0 Å². The summed E-state index contributed by atoms with van der Waals surface area (Å²) in [6.45, 7) is 4.12. The Morgan fingerprint density at radius 1 is 1.17 bits per heavy atom. The molecule has 3 aromatic rings. The highest BCUT2D eigenvalue weighted by atomic mass is 32.2. The van der Waals surface area contributed by atoms with Crippen LogP contribution in [0.25, 0.3) is 10.2 Å². The van der Waals surface area contributed by atoms with Crippen molar-refractivity contribution in [1.29, 1.82) is 0 Å². The summed E-state index contributed by atoms with van der Waals surface area (Å²) >= 11 is 3.12. The third-order valence-corrected chi connectivity index (χ3v) is 6.30. The Bertz CT molecular complexity index is 972. The van der Waals surface area contributed by atoms with E-state index in [9.17, 15) is 4.79 Å². The lowest BCUT2D eigenvalue weighted by Gasteiger charge is -2.22. The van der Waals surface area contributed by atoms with Gasteiger partial charge in [-0.3, -0.25) is 9.69 Å². The average molecular weight is 430 g/mol. The number of hydrogen-bond acceptors (Lipinski definition) is 6. The molecule has 1 amide bonds. The molecule has 3 rings (SSSR count). The van der Waals surface area contributed by atoms with Gasteiger partial charge in [-0.2, -0.15) is 0 Å². The summed E-state index contributed by atoms with van der Waals surface area (Å²) in [7, 11) is 4.09. The van der Waals surface area contributed by atoms with Gasteiger partial charge in [-0.25, -0.2) is 4.98 Å². The smallest absolute Gasteiger partial charge is 0.261 e. The number of thiazole rings is 1. The maximum Gasteiger partial charge on any atom is 0.261 e. The van der Waals surface area contributed by atoms with Gasteiger partial charge < -0.3 is 9.64 Å². The van der Waals surface area contributed by atoms with E-state index in [-0.39, 0.29) is 5.91 Å². The standard InChI is InChI=1S/C22H27N3O2S2/c1-5-27-16-11-12-18-20(15-16)29-22(23-18)25(14-8-13-24(2)3)21(26)17-9-6-7-10-19(17)28-4/h6-7,9-12,15H,5,8,13-14H2,1-4H3. The molecule has 1 heterocycles. The molecule has 0 aliphatic rings. The van der Waals surface area contributed by atoms with Crippen LogP contribution in [-0.4, -0.2) is 55.8 Å². The number of fused-ring (bicyclic) bond motifs is 1. The van der Waals surface area contributed by atoms with Gasteiger partial charge in [-0.1, -0.05) is 23.5 Å². The van der Waals surface area contributed by atoms with Gasteiger partial charge in [0.1, 0.15) is 5.75 Å². The monoisotopic (exact) mass is 429 g/mol. The van der Waals surface area contributed by atoms with Crippen molar-refractivity contribution in [3.8, 4) is 5.75 Å². The number of nitrogens with zero attached hydrogens (tertiary/aromatic N) is 3. The Kier molecular flexibility index (Phi) is 7.52. The number of thioether (sulfide) groups is 1. The molecule has 0 bridgehead atoms. The summed E-state index contributed by atoms with van der Waals surface area (Å²) in [5.41, 5.74) is 1.61. The van der Waals surface area contributed by atoms with E-state index in [0.717, 1.165) is 44.5 Å². The van der Waals surface area contributed by atoms with E-state index in [1.54, 1.807) is 11.8 Å². The SMILES string of the molecule is CCOc1ccc2nc(N(CCCN(C)C)C(=O)c3ccccc3SC)sc2c1. The molecule has 0 N–H and O–H groups in total. The number of anilines is 1. The lowest BCUT2D eigenvalue weighted by Crippen LogP contribution is -2.33. The zero-order valence-corrected chi connectivity index (χ0v) is 19.0. The minimum Gasteiger partial charge on any atom is -0.494 e. The molecule has 0 spiro atoms. The fourth-order valence-corrected chi connectivity index (χ4v) is 4.67. The van der Waals surface area contributed by atoms with E-state index in [4.69, 9.17) is 9.72 Å². The number of benzene rings is 2. The molecular formula is C22H27N3O2S2. The number of rotatable bonds is 9. The zero-order valence-electron chi connectivity index (χ0n) is 17.3. The Labute approximate surface area is 180 Å². The molecule has 0 unspecified atom stereocenters. The minimum absolute atomic E-state index is 0.00204. The largest absolute Gasteiger partial charge is 0.494 e. The number of ether oxygens (including phenoxy) is 1. The van der Waals surface area contributed by atoms with E-state index in [1.807, 2.05) is 74.6 Å². The molecule has 0 aliphatic heterocycles. The Morgan fingerprint density at radius 3 is 2.69 bits per heavy atom. The van der Waals surface area contributed by atoms with Crippen LogP contribution in [0.4, 0.5) is 5.13 Å². The van der Waals surface area contributed by atoms with Crippen LogP contribution in [0.5, 0.6) is 5.75 Å². The number of carbonyl (C=O) groups excluding carboxylic acids is 1. The van der Waals surface area contributed by atoms with Crippen LogP contribution in [-0.2, 0) is 0 Å². The second-order valence-corrected chi connectivity index (χ2v) is 8.73. The van der Waals surface area contributed by atoms with Gasteiger partial charge >= 0.3 is 0 Å². The van der Waals surface area contributed by atoms with E-state index in [1.165, 1.54) is 11.3 Å². The maximum absolute atomic E-state index is 13.5. The van der Waals surface area contributed by atoms with Crippen molar-refractivity contribution < 1.29 is 9.53 Å². The molecule has 0 radical (unpaired) electrons. The average Bonchev–Trinajstić information content (AvgIpc) is 3.13. The van der Waals surface area contributed by atoms with Gasteiger partial charge in [0.2, 0.25) is 0 Å². The highest BCUT2D eigenvalue weighted by Gasteiger charge is 2.23. The molecular weight excluding hydrogens is 402 g/mol. The first-order valence-electron chi connectivity index (χ1n) is 9.66. The van der Waals surface area contributed by atoms with Crippen molar-refractivity contribution in [2.75, 3.05) is 44.9 Å². The summed E-state index contributed by atoms with van der Waals surface area (Å²) in [5.74, 6) is 0.825. The summed E-state index contributed by atoms with van der Waals surface area (Å²) in [5, 5.41) is 0.730. The highest BCUT2D eigenvalue weighted by molar-refractivity contribution is 7.98. The van der Waals surface area contributed by atoms with Crippen LogP contribution in [0.15, 0.2) is 47.4 Å². The quantitative estimate of drug-likeness (QED) is 0.447. The summed E-state index contributed by atoms with van der Waals surface area (Å²) < 4.78 is 6.63. The second kappa shape index (κ2) is 10.1. The number of hydrogen-bond donors (Lipinski definition) is 0. The first-order chi connectivity index (χ1) is 14.0. The van der Waals surface area contributed by atoms with E-state index < -0.39 is 0 Å². The van der Waals surface area contributed by atoms with Crippen molar-refractivity contribution in [2.24, 2.45) is 0 Å². The first-order valence-corrected chi connectivity index (χ1v) is 11.7. The van der Waals surface area contributed by atoms with E-state index in [2.05, 4.69) is 4.90 Å². The van der Waals surface area contributed by atoms with E-state index >= 15 is 0 Å². The normalized spacial score (nSPS) is 11.2. The van der Waals surface area contributed by atoms with Gasteiger partial charge in [0.05, 0.1) is 22.4 Å². The third kappa shape index (κ3) is 5.29. The topological polar surface area (TPSA) is 45.7 Å². The van der Waals surface area contributed by atoms with Crippen LogP contribution in [0, 0.1) is 0 Å². The van der Waals surface area contributed by atoms with Crippen molar-refractivity contribution in [3.63, 3.8) is 0 Å². The highest BCUT2D eigenvalue weighted by Crippen LogP contribution is 2.33. The maximum atomic E-state index is 13.5. The van der Waals surface area contributed by atoms with Crippen LogP contribution in [0.1, 0.15) is 23.7 Å². The second-order valence-electron chi connectivity index (χ2n) is 6.87. The molecule has 1 aromatic heterocycles. The minimum atomic E-state index is -0.00204. The third-order valence-electron chi connectivity index (χ3n) is 4.46. The number of aromatic nitrogens is 1. The van der Waals surface area contributed by atoms with Crippen LogP contribution in [0.3, 0.4) is 0 Å². The van der Waals surface area contributed by atoms with Gasteiger partial charge in [-0.05, 0) is 70.6 Å². The molecule has 0 atom stereocenters. The Hall–Kier alpha value is -2.09. The van der Waals surface area contributed by atoms with Crippen molar-refractivity contribution in [2.45, 2.75) is 18.2 Å². The molecule has 0 saturated heterocycles. The van der Waals surface area contributed by atoms with Gasteiger partial charge in [0.15, 0.2) is 5.13 Å². The van der Waals surface area contributed by atoms with Gasteiger partial charge in [0, 0.05) is 11.4 Å². The molecule has 29 heavy (non-hydrogen) atoms. The lowest BCUT2D eigenvalue weighted by molar-refractivity contribution is 0.0983. The Morgan fingerprint density at radius 2 is 1.97 bits per heavy atom. The number of amides is 1. The van der Waals surface area contributed by atoms with Crippen LogP contribution >= 0.6 is 23.1 Å². The van der Waals surface area contributed by atoms with Crippen molar-refractivity contribution >= 4 is 44.4 Å². The van der Waals surface area contributed by atoms with Gasteiger partial charge in [0.25, 0.3) is 5.91 Å². The van der Waals surface area contributed by atoms with Crippen molar-refractivity contribution in [1.82, 2.24) is 9.88 Å². The van der Waals surface area contributed by atoms with Gasteiger partial charge in [-0.15, -0.1) is 11.8 Å². The molecule has 0 aliphatic carbocycles. The predicted octanol–water partition coefficient (Wildman–Crippen LogP) is 5.02. The molecule has 154 valence electrons. The predicted molar refractivity (Wildman–Crippen MR) is 124 cm³/mol. The molecule has 7 heteroatoms. The molecule has 2 aromatic carbocycles. The molecule has 0 saturated carbocycles. The fraction of sp³-hybridized carbons (Fsp3) is 0.364. The van der Waals surface area contributed by atoms with Crippen molar-refractivity contribution in [3.05, 3.63) is 48.0 Å². The summed E-state index contributed by atoms with van der Waals surface area (Å²) in [6.07, 6.45) is 2.87. The summed E-state index contributed by atoms with van der Waals surface area (Å²) in [4.78, 5) is 23.2. The zero-order chi connectivity index (χ0) is 20.8. The van der Waals surface area contributed by atoms with E-state index in [0.29, 0.717) is 13.2 Å². The fourth-order valence-electron chi connectivity index (χ4n) is 3.06.